The largest absolute Gasteiger partial charge is 0.378 e. The van der Waals surface area contributed by atoms with Gasteiger partial charge < -0.3 is 14.6 Å². The fraction of sp³-hybridized carbons (Fsp3) is 0.375. The van der Waals surface area contributed by atoms with Gasteiger partial charge in [0, 0.05) is 13.1 Å². The number of para-hydroxylation sites is 2. The number of ketones is 1. The number of carbonyl (C=O) groups excluding carboxylic acids is 1. The van der Waals surface area contributed by atoms with Crippen molar-refractivity contribution in [3.05, 3.63) is 30.1 Å². The number of benzene rings is 1. The Balaban J connectivity index is 1.63. The molecule has 1 aromatic heterocycles. The molecule has 124 valence electrons. The van der Waals surface area contributed by atoms with Crippen molar-refractivity contribution in [3.63, 3.8) is 0 Å². The van der Waals surface area contributed by atoms with Crippen molar-refractivity contribution in [2.45, 2.75) is 5.92 Å². The van der Waals surface area contributed by atoms with E-state index in [2.05, 4.69) is 9.97 Å². The number of aromatic amines is 1. The second kappa shape index (κ2) is 7.75. The summed E-state index contributed by atoms with van der Waals surface area (Å²) in [5, 5.41) is 9.39. The van der Waals surface area contributed by atoms with Gasteiger partial charge in [-0.3, -0.25) is 4.79 Å². The lowest BCUT2D eigenvalue weighted by atomic mass is 10.1. The van der Waals surface area contributed by atoms with Gasteiger partial charge in [-0.25, -0.2) is 4.98 Å². The van der Waals surface area contributed by atoms with E-state index in [1.54, 1.807) is 0 Å². The van der Waals surface area contributed by atoms with Crippen LogP contribution in [0.1, 0.15) is 11.7 Å². The fourth-order valence-electron chi connectivity index (χ4n) is 2.45. The Kier molecular flexibility index (Phi) is 5.45. The number of imidazole rings is 1. The first kappa shape index (κ1) is 16.9. The van der Waals surface area contributed by atoms with Crippen molar-refractivity contribution < 1.29 is 9.53 Å². The summed E-state index contributed by atoms with van der Waals surface area (Å²) in [7, 11) is 0. The molecule has 1 fully saturated rings. The van der Waals surface area contributed by atoms with Crippen molar-refractivity contribution >= 4 is 45.1 Å². The third kappa shape index (κ3) is 3.75. The first-order chi connectivity index (χ1) is 11.7. The molecule has 0 bridgehead atoms. The number of fused-ring (bicyclic) bond motifs is 1. The lowest BCUT2D eigenvalue weighted by Crippen LogP contribution is -2.38. The second-order valence-electron chi connectivity index (χ2n) is 5.32. The predicted molar refractivity (Wildman–Crippen MR) is 96.9 cm³/mol. The number of thiocarbonyl (C=S) groups is 1. The minimum absolute atomic E-state index is 0.158. The van der Waals surface area contributed by atoms with Crippen molar-refractivity contribution in [3.8, 4) is 6.07 Å². The van der Waals surface area contributed by atoms with E-state index in [0.29, 0.717) is 23.4 Å². The zero-order valence-corrected chi connectivity index (χ0v) is 14.5. The molecule has 1 N–H and O–H groups in total. The minimum Gasteiger partial charge on any atom is -0.378 e. The van der Waals surface area contributed by atoms with E-state index >= 15 is 0 Å². The molecule has 0 aliphatic carbocycles. The lowest BCUT2D eigenvalue weighted by molar-refractivity contribution is -0.117. The molecule has 0 unspecified atom stereocenters. The molecule has 1 aromatic carbocycles. The summed E-state index contributed by atoms with van der Waals surface area (Å²) < 4.78 is 5.96. The van der Waals surface area contributed by atoms with E-state index in [-0.39, 0.29) is 11.5 Å². The highest BCUT2D eigenvalue weighted by molar-refractivity contribution is 8.23. The molecule has 0 saturated carbocycles. The number of nitriles is 1. The van der Waals surface area contributed by atoms with Gasteiger partial charge in [-0.2, -0.15) is 5.26 Å². The highest BCUT2D eigenvalue weighted by Crippen LogP contribution is 2.21. The molecule has 1 aliphatic heterocycles. The van der Waals surface area contributed by atoms with Gasteiger partial charge in [-0.1, -0.05) is 36.1 Å². The van der Waals surface area contributed by atoms with Crippen LogP contribution in [0.25, 0.3) is 11.0 Å². The minimum atomic E-state index is -0.905. The Morgan fingerprint density at radius 2 is 2.21 bits per heavy atom. The van der Waals surface area contributed by atoms with Gasteiger partial charge in [-0.15, -0.1) is 0 Å². The number of hydrogen-bond acceptors (Lipinski definition) is 6. The van der Waals surface area contributed by atoms with Crippen molar-refractivity contribution in [1.82, 2.24) is 14.9 Å². The van der Waals surface area contributed by atoms with Crippen LogP contribution >= 0.6 is 24.0 Å². The molecule has 8 heteroatoms. The molecule has 3 rings (SSSR count). The quantitative estimate of drug-likeness (QED) is 0.836. The number of aromatic nitrogens is 2. The standard InChI is InChI=1S/C16H16N4O2S2/c17-9-11(15-18-12-3-1-2-4-13(12)19-15)14(21)10-24-16(23)20-5-7-22-8-6-20/h1-4,11H,5-8,10H2,(H,18,19)/t11-/m0/s1. The van der Waals surface area contributed by atoms with E-state index in [1.165, 1.54) is 11.8 Å². The van der Waals surface area contributed by atoms with Gasteiger partial charge in [-0.05, 0) is 12.1 Å². The van der Waals surface area contributed by atoms with Crippen molar-refractivity contribution in [2.24, 2.45) is 0 Å². The van der Waals surface area contributed by atoms with Gasteiger partial charge in [0.1, 0.15) is 10.1 Å². The maximum atomic E-state index is 12.4. The fourth-order valence-corrected chi connectivity index (χ4v) is 3.61. The van der Waals surface area contributed by atoms with Gasteiger partial charge >= 0.3 is 0 Å². The molecule has 0 radical (unpaired) electrons. The first-order valence-corrected chi connectivity index (χ1v) is 8.95. The highest BCUT2D eigenvalue weighted by Gasteiger charge is 2.25. The predicted octanol–water partition coefficient (Wildman–Crippen LogP) is 2.09. The number of nitrogens with zero attached hydrogens (tertiary/aromatic N) is 3. The van der Waals surface area contributed by atoms with E-state index in [1.807, 2.05) is 35.2 Å². The zero-order valence-electron chi connectivity index (χ0n) is 12.9. The SMILES string of the molecule is N#C[C@@H](C(=O)CSC(=S)N1CCOCC1)c1nc2ccccc2[nH]1. The zero-order chi connectivity index (χ0) is 16.9. The lowest BCUT2D eigenvalue weighted by Gasteiger charge is -2.28. The summed E-state index contributed by atoms with van der Waals surface area (Å²) in [6.07, 6.45) is 0. The maximum Gasteiger partial charge on any atom is 0.167 e. The summed E-state index contributed by atoms with van der Waals surface area (Å²) >= 11 is 6.65. The number of carbonyl (C=O) groups is 1. The number of nitrogens with one attached hydrogen (secondary N) is 1. The third-order valence-corrected chi connectivity index (χ3v) is 5.29. The molecular weight excluding hydrogens is 344 g/mol. The molecule has 2 aromatic rings. The van der Waals surface area contributed by atoms with Gasteiger partial charge in [0.05, 0.1) is 36.1 Å². The number of H-pyrrole nitrogens is 1. The van der Waals surface area contributed by atoms with E-state index < -0.39 is 5.92 Å². The summed E-state index contributed by atoms with van der Waals surface area (Å²) in [4.78, 5) is 21.9. The number of thioether (sulfide) groups is 1. The van der Waals surface area contributed by atoms with Crippen LogP contribution in [0.2, 0.25) is 0 Å². The molecule has 1 aliphatic rings. The van der Waals surface area contributed by atoms with Crippen LogP contribution in [0.15, 0.2) is 24.3 Å². The second-order valence-corrected chi connectivity index (χ2v) is 6.93. The Bertz CT molecular complexity index is 760. The average molecular weight is 360 g/mol. The molecule has 24 heavy (non-hydrogen) atoms. The van der Waals surface area contributed by atoms with Crippen molar-refractivity contribution in [2.75, 3.05) is 32.1 Å². The number of ether oxygens (including phenoxy) is 1. The normalized spacial score (nSPS) is 15.9. The van der Waals surface area contributed by atoms with E-state index in [4.69, 9.17) is 17.0 Å². The Morgan fingerprint density at radius 3 is 2.92 bits per heavy atom. The van der Waals surface area contributed by atoms with Gasteiger partial charge in [0.15, 0.2) is 11.7 Å². The summed E-state index contributed by atoms with van der Waals surface area (Å²) in [5.74, 6) is -0.554. The Labute approximate surface area is 149 Å². The summed E-state index contributed by atoms with van der Waals surface area (Å²) in [6.45, 7) is 2.78. The number of hydrogen-bond donors (Lipinski definition) is 1. The maximum absolute atomic E-state index is 12.4. The molecule has 0 amide bonds. The van der Waals surface area contributed by atoms with Crippen LogP contribution < -0.4 is 0 Å². The van der Waals surface area contributed by atoms with Crippen LogP contribution in [-0.4, -0.2) is 57.0 Å². The average Bonchev–Trinajstić information content (AvgIpc) is 3.04. The number of morpholine rings is 1. The number of Topliss-reactive ketones (excluding diaryl/α,β-unsaturated/α-hetero) is 1. The first-order valence-electron chi connectivity index (χ1n) is 7.55. The summed E-state index contributed by atoms with van der Waals surface area (Å²) in [5.41, 5.74) is 1.56. The molecule has 0 spiro atoms. The van der Waals surface area contributed by atoms with Crippen LogP contribution in [0, 0.1) is 11.3 Å². The van der Waals surface area contributed by atoms with E-state index in [9.17, 15) is 10.1 Å². The highest BCUT2D eigenvalue weighted by atomic mass is 32.2. The van der Waals surface area contributed by atoms with Crippen LogP contribution in [0.3, 0.4) is 0 Å². The molecule has 1 saturated heterocycles. The molecule has 2 heterocycles. The number of rotatable bonds is 4. The molecule has 1 atom stereocenters. The van der Waals surface area contributed by atoms with E-state index in [0.717, 1.165) is 24.1 Å². The third-order valence-electron chi connectivity index (χ3n) is 3.74. The monoisotopic (exact) mass is 360 g/mol. The van der Waals surface area contributed by atoms with Gasteiger partial charge in [0.25, 0.3) is 0 Å². The smallest absolute Gasteiger partial charge is 0.167 e. The summed E-state index contributed by atoms with van der Waals surface area (Å²) in [6, 6.07) is 9.51. The molecular formula is C16H16N4O2S2. The van der Waals surface area contributed by atoms with Gasteiger partial charge in [0.2, 0.25) is 0 Å². The molecule has 6 nitrogen and oxygen atoms in total. The topological polar surface area (TPSA) is 82.0 Å². The Hall–Kier alpha value is -1.95. The van der Waals surface area contributed by atoms with Crippen molar-refractivity contribution in [1.29, 1.82) is 5.26 Å². The van der Waals surface area contributed by atoms with Crippen LogP contribution in [0.4, 0.5) is 0 Å². The van der Waals surface area contributed by atoms with Crippen LogP contribution in [-0.2, 0) is 9.53 Å². The van der Waals surface area contributed by atoms with Crippen LogP contribution in [0.5, 0.6) is 0 Å². The Morgan fingerprint density at radius 1 is 1.46 bits per heavy atom.